The molecule has 0 spiro atoms. The maximum absolute atomic E-state index is 12.6. The molecule has 1 heterocycles. The van der Waals surface area contributed by atoms with Gasteiger partial charge in [-0.1, -0.05) is 11.6 Å². The van der Waals surface area contributed by atoms with Gasteiger partial charge in [-0.2, -0.15) is 8.78 Å². The highest BCUT2D eigenvalue weighted by molar-refractivity contribution is 7.16. The number of rotatable bonds is 2. The van der Waals surface area contributed by atoms with Crippen molar-refractivity contribution < 1.29 is 18.7 Å². The first-order valence-corrected chi connectivity index (χ1v) is 4.01. The molecule has 0 saturated carbocycles. The van der Waals surface area contributed by atoms with E-state index < -0.39 is 16.8 Å². The predicted octanol–water partition coefficient (Wildman–Crippen LogP) is 2.58. The molecule has 0 fully saturated rings. The van der Waals surface area contributed by atoms with E-state index in [1.54, 1.807) is 0 Å². The SMILES string of the molecule is O=C(O)C(F)(F)c1ccc(Cl)s1. The van der Waals surface area contributed by atoms with Gasteiger partial charge >= 0.3 is 11.9 Å². The van der Waals surface area contributed by atoms with Gasteiger partial charge in [0.05, 0.1) is 9.21 Å². The van der Waals surface area contributed by atoms with Gasteiger partial charge in [0.2, 0.25) is 0 Å². The van der Waals surface area contributed by atoms with Gasteiger partial charge in [0.1, 0.15) is 0 Å². The first kappa shape index (κ1) is 9.41. The molecule has 0 atom stereocenters. The summed E-state index contributed by atoms with van der Waals surface area (Å²) < 4.78 is 25.4. The summed E-state index contributed by atoms with van der Waals surface area (Å²) >= 11 is 5.92. The van der Waals surface area contributed by atoms with Crippen LogP contribution in [0, 0.1) is 0 Å². The standard InChI is InChI=1S/C6H3ClF2O2S/c7-4-2-1-3(12-4)6(8,9)5(10)11/h1-2H,(H,10,11). The highest BCUT2D eigenvalue weighted by Gasteiger charge is 2.42. The number of halogens is 3. The van der Waals surface area contributed by atoms with Crippen LogP contribution in [0.3, 0.4) is 0 Å². The quantitative estimate of drug-likeness (QED) is 0.818. The van der Waals surface area contributed by atoms with E-state index in [0.717, 1.165) is 6.07 Å². The van der Waals surface area contributed by atoms with Gasteiger partial charge in [0.15, 0.2) is 0 Å². The number of alkyl halides is 2. The molecule has 0 aliphatic carbocycles. The summed E-state index contributed by atoms with van der Waals surface area (Å²) in [6, 6.07) is 2.24. The molecule has 0 aromatic carbocycles. The Kier molecular flexibility index (Phi) is 2.34. The topological polar surface area (TPSA) is 37.3 Å². The third-order valence-electron chi connectivity index (χ3n) is 1.15. The molecule has 6 heteroatoms. The largest absolute Gasteiger partial charge is 0.477 e. The van der Waals surface area contributed by atoms with Crippen molar-refractivity contribution >= 4 is 28.9 Å². The second-order valence-corrected chi connectivity index (χ2v) is 3.70. The minimum absolute atomic E-state index is 0.144. The Morgan fingerprint density at radius 3 is 2.50 bits per heavy atom. The lowest BCUT2D eigenvalue weighted by molar-refractivity contribution is -0.165. The summed E-state index contributed by atoms with van der Waals surface area (Å²) in [5.41, 5.74) is 0. The number of aliphatic carboxylic acids is 1. The third-order valence-corrected chi connectivity index (χ3v) is 2.45. The van der Waals surface area contributed by atoms with Gasteiger partial charge in [0.25, 0.3) is 0 Å². The Hall–Kier alpha value is -0.680. The van der Waals surface area contributed by atoms with Crippen molar-refractivity contribution in [3.8, 4) is 0 Å². The molecule has 0 amide bonds. The van der Waals surface area contributed by atoms with Crippen LogP contribution < -0.4 is 0 Å². The van der Waals surface area contributed by atoms with E-state index >= 15 is 0 Å². The van der Waals surface area contributed by atoms with E-state index in [-0.39, 0.29) is 4.34 Å². The summed E-state index contributed by atoms with van der Waals surface area (Å²) in [7, 11) is 0. The van der Waals surface area contributed by atoms with Crippen molar-refractivity contribution in [2.75, 3.05) is 0 Å². The number of carboxylic acid groups (broad SMARTS) is 1. The van der Waals surface area contributed by atoms with Gasteiger partial charge in [-0.3, -0.25) is 0 Å². The molecule has 12 heavy (non-hydrogen) atoms. The molecular formula is C6H3ClF2O2S. The van der Waals surface area contributed by atoms with Crippen molar-refractivity contribution in [1.82, 2.24) is 0 Å². The van der Waals surface area contributed by atoms with Crippen LogP contribution in [0.25, 0.3) is 0 Å². The van der Waals surface area contributed by atoms with E-state index in [4.69, 9.17) is 16.7 Å². The van der Waals surface area contributed by atoms with Crippen molar-refractivity contribution in [3.63, 3.8) is 0 Å². The van der Waals surface area contributed by atoms with Crippen molar-refractivity contribution in [2.24, 2.45) is 0 Å². The molecule has 0 aliphatic rings. The van der Waals surface area contributed by atoms with Crippen molar-refractivity contribution in [1.29, 1.82) is 0 Å². The maximum Gasteiger partial charge on any atom is 0.380 e. The Balaban J connectivity index is 3.05. The minimum atomic E-state index is -3.84. The summed E-state index contributed by atoms with van der Waals surface area (Å²) in [6.45, 7) is 0. The Morgan fingerprint density at radius 2 is 2.17 bits per heavy atom. The average molecular weight is 213 g/mol. The zero-order valence-electron chi connectivity index (χ0n) is 5.55. The smallest absolute Gasteiger partial charge is 0.380 e. The number of carbonyl (C=O) groups is 1. The summed E-state index contributed by atoms with van der Waals surface area (Å²) in [5, 5.41) is 8.12. The zero-order chi connectivity index (χ0) is 9.35. The minimum Gasteiger partial charge on any atom is -0.477 e. The van der Waals surface area contributed by atoms with Crippen LogP contribution in [0.15, 0.2) is 12.1 Å². The summed E-state index contributed by atoms with van der Waals surface area (Å²) in [5.74, 6) is -6.00. The first-order chi connectivity index (χ1) is 5.44. The van der Waals surface area contributed by atoms with E-state index in [2.05, 4.69) is 0 Å². The monoisotopic (exact) mass is 212 g/mol. The van der Waals surface area contributed by atoms with Crippen LogP contribution in [-0.2, 0) is 10.7 Å². The van der Waals surface area contributed by atoms with Gasteiger partial charge in [-0.15, -0.1) is 11.3 Å². The fourth-order valence-corrected chi connectivity index (χ4v) is 1.60. The fraction of sp³-hybridized carbons (Fsp3) is 0.167. The number of hydrogen-bond acceptors (Lipinski definition) is 2. The lowest BCUT2D eigenvalue weighted by atomic mass is 10.3. The normalized spacial score (nSPS) is 11.6. The van der Waals surface area contributed by atoms with Crippen LogP contribution >= 0.6 is 22.9 Å². The third kappa shape index (κ3) is 1.56. The lowest BCUT2D eigenvalue weighted by Crippen LogP contribution is -2.23. The van der Waals surface area contributed by atoms with Crippen LogP contribution in [0.1, 0.15) is 4.88 Å². The molecule has 1 aromatic heterocycles. The molecule has 66 valence electrons. The van der Waals surface area contributed by atoms with Crippen LogP contribution in [0.5, 0.6) is 0 Å². The second kappa shape index (κ2) is 2.99. The highest BCUT2D eigenvalue weighted by Crippen LogP contribution is 2.35. The average Bonchev–Trinajstić information content (AvgIpc) is 2.35. The van der Waals surface area contributed by atoms with Gasteiger partial charge in [0, 0.05) is 0 Å². The lowest BCUT2D eigenvalue weighted by Gasteiger charge is -2.06. The molecule has 0 unspecified atom stereocenters. The molecule has 0 aliphatic heterocycles. The Bertz CT molecular complexity index is 310. The predicted molar refractivity (Wildman–Crippen MR) is 40.9 cm³/mol. The first-order valence-electron chi connectivity index (χ1n) is 2.81. The van der Waals surface area contributed by atoms with Gasteiger partial charge in [-0.05, 0) is 12.1 Å². The molecule has 0 radical (unpaired) electrons. The van der Waals surface area contributed by atoms with E-state index in [0.29, 0.717) is 11.3 Å². The van der Waals surface area contributed by atoms with Crippen LogP contribution in [-0.4, -0.2) is 11.1 Å². The Labute approximate surface area is 75.4 Å². The molecule has 1 rings (SSSR count). The summed E-state index contributed by atoms with van der Waals surface area (Å²) in [4.78, 5) is 9.49. The van der Waals surface area contributed by atoms with Gasteiger partial charge < -0.3 is 5.11 Å². The highest BCUT2D eigenvalue weighted by atomic mass is 35.5. The van der Waals surface area contributed by atoms with E-state index in [9.17, 15) is 13.6 Å². The Morgan fingerprint density at radius 1 is 1.58 bits per heavy atom. The van der Waals surface area contributed by atoms with E-state index in [1.807, 2.05) is 0 Å². The summed E-state index contributed by atoms with van der Waals surface area (Å²) in [6.07, 6.45) is 0. The number of carboxylic acids is 1. The van der Waals surface area contributed by atoms with Crippen molar-refractivity contribution in [3.05, 3.63) is 21.3 Å². The number of thiophene rings is 1. The maximum atomic E-state index is 12.6. The molecule has 0 bridgehead atoms. The van der Waals surface area contributed by atoms with Crippen LogP contribution in [0.4, 0.5) is 8.78 Å². The zero-order valence-corrected chi connectivity index (χ0v) is 7.12. The number of hydrogen-bond donors (Lipinski definition) is 1. The molecule has 0 saturated heterocycles. The van der Waals surface area contributed by atoms with E-state index in [1.165, 1.54) is 6.07 Å². The van der Waals surface area contributed by atoms with Crippen molar-refractivity contribution in [2.45, 2.75) is 5.92 Å². The van der Waals surface area contributed by atoms with Gasteiger partial charge in [-0.25, -0.2) is 4.79 Å². The van der Waals surface area contributed by atoms with Crippen LogP contribution in [0.2, 0.25) is 4.34 Å². The molecular weight excluding hydrogens is 210 g/mol. The molecule has 2 nitrogen and oxygen atoms in total. The molecule has 1 aromatic rings. The second-order valence-electron chi connectivity index (χ2n) is 1.98. The molecule has 1 N–H and O–H groups in total. The fourth-order valence-electron chi connectivity index (χ4n) is 0.588.